The fraction of sp³-hybridized carbons (Fsp3) is 0.150. The highest BCUT2D eigenvalue weighted by molar-refractivity contribution is 6.01. The number of carbonyl (C=O) groups excluding carboxylic acids is 2. The van der Waals surface area contributed by atoms with E-state index in [4.69, 9.17) is 11.5 Å². The van der Waals surface area contributed by atoms with Crippen LogP contribution in [0.3, 0.4) is 0 Å². The number of nitrogen functional groups attached to an aromatic ring is 1. The van der Waals surface area contributed by atoms with Crippen LogP contribution < -0.4 is 16.8 Å². The fourth-order valence-corrected chi connectivity index (χ4v) is 3.15. The zero-order chi connectivity index (χ0) is 20.5. The maximum Gasteiger partial charge on any atom is 0.315 e. The molecule has 146 valence electrons. The van der Waals surface area contributed by atoms with Gasteiger partial charge in [0, 0.05) is 48.7 Å². The van der Waals surface area contributed by atoms with Crippen molar-refractivity contribution in [2.24, 2.45) is 5.73 Å². The zero-order valence-corrected chi connectivity index (χ0v) is 15.7. The molecule has 4 rings (SSSR count). The summed E-state index contributed by atoms with van der Waals surface area (Å²) in [5.74, 6) is 0.431. The molecule has 3 aromatic heterocycles. The summed E-state index contributed by atoms with van der Waals surface area (Å²) >= 11 is 0. The van der Waals surface area contributed by atoms with Gasteiger partial charge in [0.2, 0.25) is 5.91 Å². The van der Waals surface area contributed by atoms with Crippen LogP contribution in [0, 0.1) is 6.92 Å². The third kappa shape index (κ3) is 3.70. The lowest BCUT2D eigenvalue weighted by molar-refractivity contribution is -0.112. The lowest BCUT2D eigenvalue weighted by Gasteiger charge is -2.32. The molecule has 0 bridgehead atoms. The first kappa shape index (κ1) is 18.4. The summed E-state index contributed by atoms with van der Waals surface area (Å²) in [4.78, 5) is 37.5. The van der Waals surface area contributed by atoms with Gasteiger partial charge in [0.05, 0.1) is 5.69 Å². The first-order valence-electron chi connectivity index (χ1n) is 8.93. The highest BCUT2D eigenvalue weighted by Gasteiger charge is 2.23. The van der Waals surface area contributed by atoms with Crippen molar-refractivity contribution in [2.45, 2.75) is 6.92 Å². The van der Waals surface area contributed by atoms with Crippen molar-refractivity contribution in [1.82, 2.24) is 19.9 Å². The fourth-order valence-electron chi connectivity index (χ4n) is 3.15. The van der Waals surface area contributed by atoms with Crippen LogP contribution in [0.15, 0.2) is 48.4 Å². The third-order valence-electron chi connectivity index (χ3n) is 4.75. The van der Waals surface area contributed by atoms with Crippen molar-refractivity contribution in [1.29, 1.82) is 0 Å². The number of primary amides is 1. The quantitative estimate of drug-likeness (QED) is 0.584. The lowest BCUT2D eigenvalue weighted by Crippen LogP contribution is -2.47. The second-order valence-corrected chi connectivity index (χ2v) is 6.86. The van der Waals surface area contributed by atoms with Gasteiger partial charge in [-0.2, -0.15) is 0 Å². The molecule has 0 unspecified atom stereocenters. The molecule has 29 heavy (non-hydrogen) atoms. The zero-order valence-electron chi connectivity index (χ0n) is 15.7. The molecule has 0 spiro atoms. The average Bonchev–Trinajstić information content (AvgIpc) is 2.64. The number of fused-ring (bicyclic) bond motifs is 1. The number of carbonyl (C=O) groups is 2. The normalized spacial score (nSPS) is 13.1. The summed E-state index contributed by atoms with van der Waals surface area (Å²) in [6.45, 7) is 2.71. The van der Waals surface area contributed by atoms with Crippen molar-refractivity contribution in [2.75, 3.05) is 24.1 Å². The van der Waals surface area contributed by atoms with E-state index in [1.807, 2.05) is 19.1 Å². The Labute approximate surface area is 166 Å². The van der Waals surface area contributed by atoms with E-state index < -0.39 is 6.03 Å². The molecule has 4 heterocycles. The van der Waals surface area contributed by atoms with Crippen molar-refractivity contribution in [3.63, 3.8) is 0 Å². The van der Waals surface area contributed by atoms with Crippen LogP contribution >= 0.6 is 0 Å². The predicted octanol–water partition coefficient (Wildman–Crippen LogP) is 1.84. The highest BCUT2D eigenvalue weighted by atomic mass is 16.2. The number of anilines is 2. The Morgan fingerprint density at radius 2 is 2.03 bits per heavy atom. The van der Waals surface area contributed by atoms with E-state index in [2.05, 4.69) is 20.3 Å². The molecule has 9 heteroatoms. The number of nitrogens with one attached hydrogen (secondary N) is 1. The molecule has 3 aromatic rings. The topological polar surface area (TPSA) is 140 Å². The molecule has 5 N–H and O–H groups in total. The number of aryl methyl sites for hydroxylation is 1. The van der Waals surface area contributed by atoms with E-state index in [1.165, 1.54) is 11.0 Å². The minimum atomic E-state index is -0.496. The first-order valence-corrected chi connectivity index (χ1v) is 8.93. The Balaban J connectivity index is 1.59. The molecule has 0 radical (unpaired) electrons. The minimum absolute atomic E-state index is 0.318. The number of nitrogens with two attached hydrogens (primary N) is 2. The van der Waals surface area contributed by atoms with Crippen molar-refractivity contribution >= 4 is 34.3 Å². The van der Waals surface area contributed by atoms with Crippen LogP contribution in [-0.4, -0.2) is 44.9 Å². The van der Waals surface area contributed by atoms with Crippen molar-refractivity contribution in [3.05, 3.63) is 54.0 Å². The molecule has 1 fully saturated rings. The number of nitrogens with zero attached hydrogens (tertiary/aromatic N) is 4. The van der Waals surface area contributed by atoms with Crippen molar-refractivity contribution in [3.8, 4) is 11.3 Å². The molecular formula is C20H19N7O2. The van der Waals surface area contributed by atoms with Crippen LogP contribution in [0.5, 0.6) is 0 Å². The summed E-state index contributed by atoms with van der Waals surface area (Å²) < 4.78 is 0. The Morgan fingerprint density at radius 1 is 1.24 bits per heavy atom. The van der Waals surface area contributed by atoms with E-state index in [9.17, 15) is 9.59 Å². The summed E-state index contributed by atoms with van der Waals surface area (Å²) in [5.41, 5.74) is 14.7. The number of urea groups is 1. The maximum atomic E-state index is 12.2. The van der Waals surface area contributed by atoms with E-state index in [0.717, 1.165) is 22.1 Å². The number of likely N-dealkylation sites (tertiary alicyclic amines) is 1. The Morgan fingerprint density at radius 3 is 2.76 bits per heavy atom. The monoisotopic (exact) mass is 389 g/mol. The number of hydrogen-bond acceptors (Lipinski definition) is 6. The van der Waals surface area contributed by atoms with Crippen LogP contribution in [0.1, 0.15) is 5.56 Å². The van der Waals surface area contributed by atoms with E-state index >= 15 is 0 Å². The first-order chi connectivity index (χ1) is 13.9. The summed E-state index contributed by atoms with van der Waals surface area (Å²) in [6, 6.07) is 5.05. The minimum Gasteiger partial charge on any atom is -0.383 e. The number of hydrogen-bond donors (Lipinski definition) is 3. The maximum absolute atomic E-state index is 12.2. The Hall–Kier alpha value is -4.01. The van der Waals surface area contributed by atoms with Crippen LogP contribution in [0.2, 0.25) is 0 Å². The van der Waals surface area contributed by atoms with Gasteiger partial charge in [-0.15, -0.1) is 0 Å². The molecule has 0 atom stereocenters. The second-order valence-electron chi connectivity index (χ2n) is 6.86. The molecule has 9 nitrogen and oxygen atoms in total. The number of rotatable bonds is 3. The molecule has 3 amide bonds. The summed E-state index contributed by atoms with van der Waals surface area (Å²) in [7, 11) is 0. The Kier molecular flexibility index (Phi) is 4.55. The van der Waals surface area contributed by atoms with Crippen LogP contribution in [0.25, 0.3) is 22.0 Å². The van der Waals surface area contributed by atoms with Gasteiger partial charge < -0.3 is 21.7 Å². The van der Waals surface area contributed by atoms with Gasteiger partial charge >= 0.3 is 6.03 Å². The van der Waals surface area contributed by atoms with E-state index in [1.54, 1.807) is 24.7 Å². The molecule has 0 aromatic carbocycles. The van der Waals surface area contributed by atoms with E-state index in [-0.39, 0.29) is 5.91 Å². The molecule has 0 aliphatic carbocycles. The molecular weight excluding hydrogens is 370 g/mol. The summed E-state index contributed by atoms with van der Waals surface area (Å²) in [6.07, 6.45) is 6.50. The number of pyridine rings is 3. The van der Waals surface area contributed by atoms with Gasteiger partial charge in [-0.25, -0.2) is 14.8 Å². The lowest BCUT2D eigenvalue weighted by atomic mass is 10.1. The van der Waals surface area contributed by atoms with Gasteiger partial charge in [0.15, 0.2) is 0 Å². The number of amides is 3. The number of aromatic nitrogens is 3. The highest BCUT2D eigenvalue weighted by Crippen LogP contribution is 2.28. The molecule has 1 aliphatic heterocycles. The van der Waals surface area contributed by atoms with Gasteiger partial charge in [-0.1, -0.05) is 0 Å². The van der Waals surface area contributed by atoms with Gasteiger partial charge in [0.25, 0.3) is 0 Å². The smallest absolute Gasteiger partial charge is 0.315 e. The van der Waals surface area contributed by atoms with Gasteiger partial charge in [0.1, 0.15) is 11.6 Å². The van der Waals surface area contributed by atoms with Gasteiger partial charge in [-0.3, -0.25) is 9.78 Å². The summed E-state index contributed by atoms with van der Waals surface area (Å²) in [5, 5.41) is 4.23. The van der Waals surface area contributed by atoms with Gasteiger partial charge in [-0.05, 0) is 41.6 Å². The van der Waals surface area contributed by atoms with Crippen LogP contribution in [-0.2, 0) is 4.79 Å². The Bertz CT molecular complexity index is 1160. The molecule has 1 saturated heterocycles. The van der Waals surface area contributed by atoms with Crippen molar-refractivity contribution < 1.29 is 9.59 Å². The van der Waals surface area contributed by atoms with Crippen LogP contribution in [0.4, 0.5) is 16.4 Å². The molecule has 1 aliphatic rings. The third-order valence-corrected chi connectivity index (χ3v) is 4.75. The largest absolute Gasteiger partial charge is 0.383 e. The SMILES string of the molecule is Cc1ccncc1-c1cc2cc(NC(=O)C=C3CN(C(N)=O)C3)ncc2c(N)n1. The standard InChI is InChI=1S/C20H19N7O2/c1-11-2-3-23-7-14(11)16-5-13-6-17(24-8-15(13)19(21)25-16)26-18(28)4-12-9-27(10-12)20(22)29/h2-8H,9-10H2,1H3,(H2,21,25)(H2,22,29)(H,24,26,28). The van der Waals surface area contributed by atoms with E-state index in [0.29, 0.717) is 35.8 Å². The predicted molar refractivity (Wildman–Crippen MR) is 110 cm³/mol. The molecule has 0 saturated carbocycles. The average molecular weight is 389 g/mol. The second kappa shape index (κ2) is 7.19.